The normalized spacial score (nSPS) is 54.2. The van der Waals surface area contributed by atoms with Gasteiger partial charge in [-0.3, -0.25) is 0 Å². The van der Waals surface area contributed by atoms with E-state index >= 15 is 0 Å². The Bertz CT molecular complexity index is 471. The minimum absolute atomic E-state index is 0.326. The lowest BCUT2D eigenvalue weighted by Gasteiger charge is -2.57. The van der Waals surface area contributed by atoms with Crippen LogP contribution in [0.5, 0.6) is 0 Å². The van der Waals surface area contributed by atoms with Crippen molar-refractivity contribution in [2.24, 2.45) is 46.8 Å². The summed E-state index contributed by atoms with van der Waals surface area (Å²) in [5.41, 5.74) is 0.314. The zero-order valence-electron chi connectivity index (χ0n) is 16.6. The molecule has 0 aromatic carbocycles. The maximum Gasteiger partial charge on any atom is 0.0648 e. The van der Waals surface area contributed by atoms with Gasteiger partial charge in [-0.05, 0) is 111 Å². The maximum atomic E-state index is 10.8. The van der Waals surface area contributed by atoms with Gasteiger partial charge in [-0.25, -0.2) is 0 Å². The molecule has 0 heterocycles. The molecular weight excluding hydrogens is 292 g/mol. The summed E-state index contributed by atoms with van der Waals surface area (Å²) < 4.78 is 0. The quantitative estimate of drug-likeness (QED) is 0.652. The van der Waals surface area contributed by atoms with Crippen molar-refractivity contribution < 1.29 is 5.11 Å². The van der Waals surface area contributed by atoms with Crippen LogP contribution in [0.3, 0.4) is 0 Å². The fraction of sp³-hybridized carbons (Fsp3) is 1.00. The molecule has 0 saturated heterocycles. The lowest BCUT2D eigenvalue weighted by Crippen LogP contribution is -2.51. The van der Waals surface area contributed by atoms with Crippen LogP contribution in [0.2, 0.25) is 0 Å². The van der Waals surface area contributed by atoms with Gasteiger partial charge in [0, 0.05) is 0 Å². The Balaban J connectivity index is 1.53. The topological polar surface area (TPSA) is 20.2 Å². The van der Waals surface area contributed by atoms with Gasteiger partial charge in [-0.15, -0.1) is 0 Å². The highest BCUT2D eigenvalue weighted by Crippen LogP contribution is 2.65. The van der Waals surface area contributed by atoms with Crippen LogP contribution < -0.4 is 0 Å². The second-order valence-corrected chi connectivity index (χ2v) is 10.7. The van der Waals surface area contributed by atoms with Crippen LogP contribution in [0, 0.1) is 46.8 Å². The minimum Gasteiger partial charge on any atom is -0.390 e. The first kappa shape index (κ1) is 17.4. The van der Waals surface area contributed by atoms with E-state index in [-0.39, 0.29) is 5.60 Å². The molecule has 4 aliphatic carbocycles. The summed E-state index contributed by atoms with van der Waals surface area (Å²) in [7, 11) is 0. The molecule has 0 aliphatic heterocycles. The van der Waals surface area contributed by atoms with Gasteiger partial charge in [0.1, 0.15) is 0 Å². The van der Waals surface area contributed by atoms with Gasteiger partial charge in [0.05, 0.1) is 5.60 Å². The Kier molecular flexibility index (Phi) is 4.34. The Morgan fingerprint density at radius 1 is 0.917 bits per heavy atom. The Morgan fingerprint density at radius 3 is 2.38 bits per heavy atom. The molecule has 24 heavy (non-hydrogen) atoms. The molecular formula is C23H40O. The van der Waals surface area contributed by atoms with Crippen molar-refractivity contribution in [1.82, 2.24) is 0 Å². The molecule has 4 fully saturated rings. The van der Waals surface area contributed by atoms with Crippen molar-refractivity contribution in [2.45, 2.75) is 97.5 Å². The summed E-state index contributed by atoms with van der Waals surface area (Å²) in [4.78, 5) is 0. The molecule has 1 nitrogen and oxygen atoms in total. The summed E-state index contributed by atoms with van der Waals surface area (Å²) in [6, 6.07) is 0. The maximum absolute atomic E-state index is 10.8. The molecule has 0 aromatic heterocycles. The van der Waals surface area contributed by atoms with Crippen LogP contribution in [0.15, 0.2) is 0 Å². The molecule has 1 N–H and O–H groups in total. The Labute approximate surface area is 150 Å². The largest absolute Gasteiger partial charge is 0.390 e. The summed E-state index contributed by atoms with van der Waals surface area (Å²) in [6.45, 7) is 9.78. The lowest BCUT2D eigenvalue weighted by atomic mass is 9.48. The molecule has 0 aromatic rings. The molecule has 8 atom stereocenters. The van der Waals surface area contributed by atoms with Gasteiger partial charge in [-0.1, -0.05) is 27.7 Å². The second kappa shape index (κ2) is 6.00. The third-order valence-electron chi connectivity index (χ3n) is 9.64. The van der Waals surface area contributed by atoms with Crippen LogP contribution in [0.25, 0.3) is 0 Å². The standard InChI is InChI=1S/C23H40O/c1-5-23(24)13-11-17-16(14-23)6-7-19-18(17)10-12-22(4)20(15(2)3)8-9-21(19)22/h15-21,24H,5-14H2,1-4H3. The van der Waals surface area contributed by atoms with E-state index in [0.717, 1.165) is 60.7 Å². The predicted molar refractivity (Wildman–Crippen MR) is 101 cm³/mol. The van der Waals surface area contributed by atoms with Crippen molar-refractivity contribution in [1.29, 1.82) is 0 Å². The number of aliphatic hydroxyl groups is 1. The average Bonchev–Trinajstić information content (AvgIpc) is 2.91. The van der Waals surface area contributed by atoms with E-state index in [4.69, 9.17) is 0 Å². The van der Waals surface area contributed by atoms with E-state index in [0.29, 0.717) is 5.41 Å². The van der Waals surface area contributed by atoms with Crippen molar-refractivity contribution in [3.05, 3.63) is 0 Å². The Morgan fingerprint density at radius 2 is 1.67 bits per heavy atom. The summed E-state index contributed by atoms with van der Waals surface area (Å²) >= 11 is 0. The van der Waals surface area contributed by atoms with E-state index in [1.807, 2.05) is 0 Å². The monoisotopic (exact) mass is 332 g/mol. The Hall–Kier alpha value is -0.0400. The van der Waals surface area contributed by atoms with Crippen LogP contribution in [-0.4, -0.2) is 10.7 Å². The third-order valence-corrected chi connectivity index (χ3v) is 9.64. The fourth-order valence-corrected chi connectivity index (χ4v) is 8.42. The van der Waals surface area contributed by atoms with E-state index in [2.05, 4.69) is 27.7 Å². The molecule has 4 rings (SSSR count). The number of rotatable bonds is 2. The summed E-state index contributed by atoms with van der Waals surface area (Å²) in [5.74, 6) is 6.63. The molecule has 8 unspecified atom stereocenters. The molecule has 4 aliphatic rings. The minimum atomic E-state index is -0.326. The van der Waals surface area contributed by atoms with Crippen molar-refractivity contribution in [3.8, 4) is 0 Å². The number of fused-ring (bicyclic) bond motifs is 5. The highest BCUT2D eigenvalue weighted by molar-refractivity contribution is 5.07. The van der Waals surface area contributed by atoms with Crippen LogP contribution >= 0.6 is 0 Å². The van der Waals surface area contributed by atoms with E-state index in [1.54, 1.807) is 0 Å². The van der Waals surface area contributed by atoms with Gasteiger partial charge < -0.3 is 5.11 Å². The van der Waals surface area contributed by atoms with Gasteiger partial charge in [0.25, 0.3) is 0 Å². The molecule has 138 valence electrons. The molecule has 4 saturated carbocycles. The van der Waals surface area contributed by atoms with Crippen molar-refractivity contribution >= 4 is 0 Å². The van der Waals surface area contributed by atoms with Gasteiger partial charge >= 0.3 is 0 Å². The smallest absolute Gasteiger partial charge is 0.0648 e. The van der Waals surface area contributed by atoms with Gasteiger partial charge in [-0.2, -0.15) is 0 Å². The number of hydrogen-bond acceptors (Lipinski definition) is 1. The molecule has 0 spiro atoms. The third kappa shape index (κ3) is 2.51. The second-order valence-electron chi connectivity index (χ2n) is 10.7. The van der Waals surface area contributed by atoms with Crippen LogP contribution in [0.1, 0.15) is 91.9 Å². The summed E-state index contributed by atoms with van der Waals surface area (Å²) in [6.07, 6.45) is 13.3. The first-order valence-corrected chi connectivity index (χ1v) is 11.1. The van der Waals surface area contributed by atoms with Crippen LogP contribution in [0.4, 0.5) is 0 Å². The molecule has 0 bridgehead atoms. The highest BCUT2D eigenvalue weighted by atomic mass is 16.3. The summed E-state index contributed by atoms with van der Waals surface area (Å²) in [5, 5.41) is 10.8. The first-order chi connectivity index (χ1) is 11.4. The molecule has 0 amide bonds. The van der Waals surface area contributed by atoms with E-state index in [1.165, 1.54) is 44.9 Å². The van der Waals surface area contributed by atoms with Crippen molar-refractivity contribution in [2.75, 3.05) is 0 Å². The zero-order chi connectivity index (χ0) is 17.1. The zero-order valence-corrected chi connectivity index (χ0v) is 16.6. The lowest BCUT2D eigenvalue weighted by molar-refractivity contribution is -0.108. The predicted octanol–water partition coefficient (Wildman–Crippen LogP) is 6.05. The van der Waals surface area contributed by atoms with Gasteiger partial charge in [0.15, 0.2) is 0 Å². The van der Waals surface area contributed by atoms with Gasteiger partial charge in [0.2, 0.25) is 0 Å². The van der Waals surface area contributed by atoms with E-state index in [9.17, 15) is 5.11 Å². The number of hydrogen-bond donors (Lipinski definition) is 1. The van der Waals surface area contributed by atoms with Crippen molar-refractivity contribution in [3.63, 3.8) is 0 Å². The molecule has 0 radical (unpaired) electrons. The van der Waals surface area contributed by atoms with Crippen LogP contribution in [-0.2, 0) is 0 Å². The first-order valence-electron chi connectivity index (χ1n) is 11.1. The molecule has 1 heteroatoms. The SMILES string of the molecule is CCC1(O)CCC2C(CCC3C2CCC2(C)C(C(C)C)CCC32)C1. The van der Waals surface area contributed by atoms with E-state index < -0.39 is 0 Å². The average molecular weight is 333 g/mol. The fourth-order valence-electron chi connectivity index (χ4n) is 8.42. The highest BCUT2D eigenvalue weighted by Gasteiger charge is 2.57.